The third-order valence-electron chi connectivity index (χ3n) is 2.05. The summed E-state index contributed by atoms with van der Waals surface area (Å²) in [5.74, 6) is 0. The minimum absolute atomic E-state index is 0.293. The summed E-state index contributed by atoms with van der Waals surface area (Å²) in [4.78, 5) is 3.64. The van der Waals surface area contributed by atoms with Crippen LogP contribution in [0.2, 0.25) is 0 Å². The molecule has 1 saturated heterocycles. The van der Waals surface area contributed by atoms with Gasteiger partial charge in [0, 0.05) is 0 Å². The predicted molar refractivity (Wildman–Crippen MR) is 55.3 cm³/mol. The maximum absolute atomic E-state index is 9.46. The fraction of sp³-hybridized carbons (Fsp3) is 0.857. The maximum atomic E-state index is 9.46. The van der Waals surface area contributed by atoms with Gasteiger partial charge >= 0.3 is 0 Å². The first-order valence-electron chi connectivity index (χ1n) is 3.99. The summed E-state index contributed by atoms with van der Waals surface area (Å²) in [5, 5.41) is 38.0. The first kappa shape index (κ1) is 12.1. The van der Waals surface area contributed by atoms with E-state index in [1.165, 1.54) is 0 Å². The van der Waals surface area contributed by atoms with Crippen LogP contribution in [0.1, 0.15) is 0 Å². The van der Waals surface area contributed by atoms with E-state index in [9.17, 15) is 15.3 Å². The Kier molecular flexibility index (Phi) is 4.46. The van der Waals surface area contributed by atoms with Crippen LogP contribution in [-0.4, -0.2) is 61.1 Å². The highest BCUT2D eigenvalue weighted by Crippen LogP contribution is 2.32. The van der Waals surface area contributed by atoms with Crippen molar-refractivity contribution in [3.63, 3.8) is 0 Å². The molecule has 1 aliphatic heterocycles. The van der Waals surface area contributed by atoms with Crippen LogP contribution in [0.15, 0.2) is 4.99 Å². The Hall–Kier alpha value is -0.0100. The van der Waals surface area contributed by atoms with E-state index in [-0.39, 0.29) is 6.61 Å². The summed E-state index contributed by atoms with van der Waals surface area (Å²) in [6.45, 7) is -0.293. The molecule has 0 aromatic heterocycles. The van der Waals surface area contributed by atoms with Crippen molar-refractivity contribution in [1.29, 1.82) is 0 Å². The molecule has 0 aromatic carbocycles. The highest BCUT2D eigenvalue weighted by molar-refractivity contribution is 8.00. The molecular weight excluding hydrogens is 226 g/mol. The second kappa shape index (κ2) is 5.18. The van der Waals surface area contributed by atoms with Crippen molar-refractivity contribution in [3.05, 3.63) is 0 Å². The van der Waals surface area contributed by atoms with Crippen LogP contribution < -0.4 is 0 Å². The lowest BCUT2D eigenvalue weighted by atomic mass is 10.0. The SMILES string of the molecule is OC[C@H]1S[C@@H](N=C=S)[C@H](O)[C@@H](O)[C@@H]1O. The molecule has 0 aromatic rings. The third kappa shape index (κ3) is 2.32. The molecule has 0 saturated carbocycles. The fourth-order valence-electron chi connectivity index (χ4n) is 1.24. The van der Waals surface area contributed by atoms with E-state index >= 15 is 0 Å². The topological polar surface area (TPSA) is 93.3 Å². The van der Waals surface area contributed by atoms with Gasteiger partial charge in [-0.3, -0.25) is 0 Å². The van der Waals surface area contributed by atoms with Gasteiger partial charge in [-0.25, -0.2) is 4.99 Å². The van der Waals surface area contributed by atoms with Crippen LogP contribution in [0.5, 0.6) is 0 Å². The zero-order chi connectivity index (χ0) is 10.7. The number of nitrogens with zero attached hydrogens (tertiary/aromatic N) is 1. The van der Waals surface area contributed by atoms with Gasteiger partial charge in [0.05, 0.1) is 23.1 Å². The predicted octanol–water partition coefficient (Wildman–Crippen LogP) is -1.39. The quantitative estimate of drug-likeness (QED) is 0.349. The third-order valence-corrected chi connectivity index (χ3v) is 3.59. The highest BCUT2D eigenvalue weighted by Gasteiger charge is 2.42. The Morgan fingerprint density at radius 2 is 1.86 bits per heavy atom. The number of hydrogen-bond donors (Lipinski definition) is 4. The molecule has 0 amide bonds. The number of aliphatic hydroxyl groups is 4. The van der Waals surface area contributed by atoms with Gasteiger partial charge in [-0.2, -0.15) is 0 Å². The van der Waals surface area contributed by atoms with Crippen molar-refractivity contribution in [1.82, 2.24) is 0 Å². The molecule has 7 heteroatoms. The standard InChI is InChI=1S/C7H11NO4S2/c9-1-3-4(10)5(11)6(12)7(14-3)8-2-13/h3-7,9-12H,1H2/t3-,4-,5+,6-,7-/m1/s1. The molecule has 0 aliphatic carbocycles. The number of aliphatic hydroxyl groups excluding tert-OH is 4. The molecule has 80 valence electrons. The van der Waals surface area contributed by atoms with Gasteiger partial charge in [-0.1, -0.05) is 0 Å². The summed E-state index contributed by atoms with van der Waals surface area (Å²) in [5.41, 5.74) is 0. The molecule has 0 bridgehead atoms. The summed E-state index contributed by atoms with van der Waals surface area (Å²) in [6.07, 6.45) is -3.66. The molecule has 0 radical (unpaired) electrons. The number of thioether (sulfide) groups is 1. The molecule has 5 nitrogen and oxygen atoms in total. The first-order chi connectivity index (χ1) is 6.61. The molecule has 1 rings (SSSR count). The number of hydrogen-bond acceptors (Lipinski definition) is 7. The minimum Gasteiger partial charge on any atom is -0.395 e. The van der Waals surface area contributed by atoms with Gasteiger partial charge in [0.2, 0.25) is 0 Å². The Morgan fingerprint density at radius 3 is 2.36 bits per heavy atom. The van der Waals surface area contributed by atoms with E-state index in [1.807, 2.05) is 0 Å². The van der Waals surface area contributed by atoms with Gasteiger partial charge in [0.15, 0.2) is 0 Å². The van der Waals surface area contributed by atoms with Crippen LogP contribution in [0, 0.1) is 0 Å². The van der Waals surface area contributed by atoms with E-state index in [0.29, 0.717) is 0 Å². The number of thiocarbonyl (C=S) groups is 1. The molecule has 5 atom stereocenters. The van der Waals surface area contributed by atoms with Crippen molar-refractivity contribution in [2.45, 2.75) is 28.9 Å². The van der Waals surface area contributed by atoms with Crippen LogP contribution in [0.3, 0.4) is 0 Å². The second-order valence-corrected chi connectivity index (χ2v) is 4.48. The first-order valence-corrected chi connectivity index (χ1v) is 5.34. The van der Waals surface area contributed by atoms with Crippen molar-refractivity contribution in [2.24, 2.45) is 4.99 Å². The Labute approximate surface area is 90.5 Å². The average Bonchev–Trinajstić information content (AvgIpc) is 2.19. The zero-order valence-corrected chi connectivity index (χ0v) is 8.78. The van der Waals surface area contributed by atoms with Crippen molar-refractivity contribution in [3.8, 4) is 0 Å². The van der Waals surface area contributed by atoms with Gasteiger partial charge < -0.3 is 20.4 Å². The van der Waals surface area contributed by atoms with Crippen LogP contribution in [-0.2, 0) is 0 Å². The van der Waals surface area contributed by atoms with E-state index in [0.717, 1.165) is 11.8 Å². The van der Waals surface area contributed by atoms with Crippen LogP contribution in [0.4, 0.5) is 0 Å². The molecule has 1 fully saturated rings. The van der Waals surface area contributed by atoms with Crippen LogP contribution >= 0.6 is 24.0 Å². The molecule has 14 heavy (non-hydrogen) atoms. The smallest absolute Gasteiger partial charge is 0.134 e. The van der Waals surface area contributed by atoms with Gasteiger partial charge in [-0.15, -0.1) is 11.8 Å². The van der Waals surface area contributed by atoms with Gasteiger partial charge in [-0.05, 0) is 12.2 Å². The summed E-state index contributed by atoms with van der Waals surface area (Å²) in [6, 6.07) is 0. The second-order valence-electron chi connectivity index (χ2n) is 2.94. The normalized spacial score (nSPS) is 43.0. The van der Waals surface area contributed by atoms with Crippen molar-refractivity contribution in [2.75, 3.05) is 6.61 Å². The lowest BCUT2D eigenvalue weighted by Crippen LogP contribution is -2.53. The fourth-order valence-corrected chi connectivity index (χ4v) is 2.62. The highest BCUT2D eigenvalue weighted by atomic mass is 32.2. The summed E-state index contributed by atoms with van der Waals surface area (Å²) < 4.78 is 0. The van der Waals surface area contributed by atoms with Crippen LogP contribution in [0.25, 0.3) is 0 Å². The monoisotopic (exact) mass is 237 g/mol. The molecule has 1 heterocycles. The van der Waals surface area contributed by atoms with Crippen molar-refractivity contribution < 1.29 is 20.4 Å². The lowest BCUT2D eigenvalue weighted by Gasteiger charge is -2.37. The Morgan fingerprint density at radius 1 is 1.21 bits per heavy atom. The van der Waals surface area contributed by atoms with E-state index in [2.05, 4.69) is 22.4 Å². The number of aliphatic imine (C=N–C) groups is 1. The van der Waals surface area contributed by atoms with E-state index in [4.69, 9.17) is 5.11 Å². The molecule has 1 aliphatic rings. The number of rotatable bonds is 2. The van der Waals surface area contributed by atoms with E-state index < -0.39 is 28.9 Å². The van der Waals surface area contributed by atoms with Gasteiger partial charge in [0.25, 0.3) is 0 Å². The van der Waals surface area contributed by atoms with Gasteiger partial charge in [0.1, 0.15) is 17.6 Å². The largest absolute Gasteiger partial charge is 0.395 e. The Bertz CT molecular complexity index is 244. The van der Waals surface area contributed by atoms with E-state index in [1.54, 1.807) is 0 Å². The Balaban J connectivity index is 2.77. The lowest BCUT2D eigenvalue weighted by molar-refractivity contribution is -0.0687. The molecular formula is C7H11NO4S2. The minimum atomic E-state index is -1.31. The zero-order valence-electron chi connectivity index (χ0n) is 7.15. The molecule has 4 N–H and O–H groups in total. The van der Waals surface area contributed by atoms with Crippen molar-refractivity contribution >= 4 is 29.1 Å². The molecule has 0 spiro atoms. The summed E-state index contributed by atoms with van der Waals surface area (Å²) in [7, 11) is 0. The maximum Gasteiger partial charge on any atom is 0.134 e. The summed E-state index contributed by atoms with van der Waals surface area (Å²) >= 11 is 5.45. The average molecular weight is 237 g/mol. The molecule has 0 unspecified atom stereocenters. The number of isothiocyanates is 1.